The van der Waals surface area contributed by atoms with Crippen molar-refractivity contribution in [3.05, 3.63) is 83.9 Å². The molecule has 29 heavy (non-hydrogen) atoms. The quantitative estimate of drug-likeness (QED) is 0.496. The zero-order chi connectivity index (χ0) is 20.0. The molecule has 1 aliphatic rings. The number of halogens is 1. The maximum absolute atomic E-state index is 14.7. The van der Waals surface area contributed by atoms with Crippen LogP contribution in [0.4, 0.5) is 4.39 Å². The Morgan fingerprint density at radius 2 is 1.72 bits per heavy atom. The highest BCUT2D eigenvalue weighted by molar-refractivity contribution is 5.92. The second-order valence-corrected chi connectivity index (χ2v) is 7.77. The lowest BCUT2D eigenvalue weighted by Crippen LogP contribution is -2.26. The fraction of sp³-hybridized carbons (Fsp3) is 0.200. The molecule has 2 aromatic heterocycles. The first-order valence-corrected chi connectivity index (χ1v) is 9.90. The Bertz CT molecular complexity index is 1200. The van der Waals surface area contributed by atoms with Crippen molar-refractivity contribution in [2.45, 2.75) is 31.8 Å². The second kappa shape index (κ2) is 7.05. The van der Waals surface area contributed by atoms with E-state index in [1.165, 1.54) is 11.6 Å². The fourth-order valence-electron chi connectivity index (χ4n) is 4.11. The molecule has 0 unspecified atom stereocenters. The van der Waals surface area contributed by atoms with Crippen LogP contribution in [0.25, 0.3) is 33.3 Å². The van der Waals surface area contributed by atoms with Gasteiger partial charge in [0.05, 0.1) is 17.3 Å². The SMILES string of the molecule is Cc1nccc2nc(-c3ccc(C4CC(O)C4)cc3)c(-c3ccccc3F)cc12. The van der Waals surface area contributed by atoms with Gasteiger partial charge in [-0.2, -0.15) is 0 Å². The maximum atomic E-state index is 14.7. The van der Waals surface area contributed by atoms with E-state index in [1.807, 2.05) is 37.3 Å². The Hall–Kier alpha value is -3.11. The first-order chi connectivity index (χ1) is 14.1. The number of hydrogen-bond acceptors (Lipinski definition) is 3. The molecule has 2 heterocycles. The minimum Gasteiger partial charge on any atom is -0.393 e. The lowest BCUT2D eigenvalue weighted by Gasteiger charge is -2.31. The summed E-state index contributed by atoms with van der Waals surface area (Å²) in [6, 6.07) is 19.0. The van der Waals surface area contributed by atoms with Crippen LogP contribution in [0.2, 0.25) is 0 Å². The topological polar surface area (TPSA) is 46.0 Å². The number of pyridine rings is 2. The number of hydrogen-bond donors (Lipinski definition) is 1. The van der Waals surface area contributed by atoms with Crippen LogP contribution >= 0.6 is 0 Å². The van der Waals surface area contributed by atoms with E-state index in [-0.39, 0.29) is 11.9 Å². The molecule has 1 N–H and O–H groups in total. The third-order valence-corrected chi connectivity index (χ3v) is 5.88. The normalized spacial score (nSPS) is 18.6. The van der Waals surface area contributed by atoms with Crippen molar-refractivity contribution in [1.29, 1.82) is 0 Å². The van der Waals surface area contributed by atoms with Crippen molar-refractivity contribution in [1.82, 2.24) is 9.97 Å². The van der Waals surface area contributed by atoms with E-state index in [1.54, 1.807) is 18.3 Å². The number of aliphatic hydroxyl groups excluding tert-OH is 1. The van der Waals surface area contributed by atoms with E-state index < -0.39 is 0 Å². The number of aryl methyl sites for hydroxylation is 1. The van der Waals surface area contributed by atoms with Crippen LogP contribution in [0.5, 0.6) is 0 Å². The van der Waals surface area contributed by atoms with Crippen molar-refractivity contribution >= 4 is 10.9 Å². The summed E-state index contributed by atoms with van der Waals surface area (Å²) >= 11 is 0. The molecule has 4 aromatic rings. The number of aliphatic hydroxyl groups is 1. The van der Waals surface area contributed by atoms with Crippen molar-refractivity contribution < 1.29 is 9.50 Å². The molecule has 0 amide bonds. The molecule has 1 saturated carbocycles. The average molecular weight is 384 g/mol. The third kappa shape index (κ3) is 3.19. The first-order valence-electron chi connectivity index (χ1n) is 9.90. The number of fused-ring (bicyclic) bond motifs is 1. The molecule has 1 fully saturated rings. The summed E-state index contributed by atoms with van der Waals surface area (Å²) in [6.45, 7) is 1.94. The predicted octanol–water partition coefficient (Wildman–Crippen LogP) is 5.65. The summed E-state index contributed by atoms with van der Waals surface area (Å²) in [4.78, 5) is 9.26. The van der Waals surface area contributed by atoms with Crippen LogP contribution in [0.1, 0.15) is 30.0 Å². The third-order valence-electron chi connectivity index (χ3n) is 5.88. The summed E-state index contributed by atoms with van der Waals surface area (Å²) < 4.78 is 14.7. The summed E-state index contributed by atoms with van der Waals surface area (Å²) in [7, 11) is 0. The van der Waals surface area contributed by atoms with Crippen molar-refractivity contribution in [3.63, 3.8) is 0 Å². The van der Waals surface area contributed by atoms with E-state index >= 15 is 0 Å². The highest BCUT2D eigenvalue weighted by Crippen LogP contribution is 2.39. The van der Waals surface area contributed by atoms with Crippen LogP contribution in [-0.2, 0) is 0 Å². The van der Waals surface area contributed by atoms with E-state index in [4.69, 9.17) is 4.98 Å². The van der Waals surface area contributed by atoms with Gasteiger partial charge < -0.3 is 5.11 Å². The Morgan fingerprint density at radius 3 is 2.45 bits per heavy atom. The zero-order valence-electron chi connectivity index (χ0n) is 16.1. The molecule has 0 radical (unpaired) electrons. The largest absolute Gasteiger partial charge is 0.393 e. The minimum atomic E-state index is -0.267. The fourth-order valence-corrected chi connectivity index (χ4v) is 4.11. The van der Waals surface area contributed by atoms with Gasteiger partial charge in [0.15, 0.2) is 0 Å². The molecule has 5 rings (SSSR count). The van der Waals surface area contributed by atoms with Gasteiger partial charge in [-0.1, -0.05) is 42.5 Å². The lowest BCUT2D eigenvalue weighted by atomic mass is 9.77. The molecule has 0 saturated heterocycles. The molecule has 0 aliphatic heterocycles. The number of rotatable bonds is 3. The molecule has 144 valence electrons. The van der Waals surface area contributed by atoms with Crippen LogP contribution in [0.3, 0.4) is 0 Å². The Labute approximate surface area is 168 Å². The standard InChI is InChI=1S/C25H21FN2O/c1-15-21-14-22(20-4-2-3-5-23(20)26)25(28-24(21)10-11-27-15)17-8-6-16(7-9-17)18-12-19(29)13-18/h2-11,14,18-19,29H,12-13H2,1H3. The highest BCUT2D eigenvalue weighted by Gasteiger charge is 2.28. The smallest absolute Gasteiger partial charge is 0.131 e. The van der Waals surface area contributed by atoms with Crippen molar-refractivity contribution in [2.24, 2.45) is 0 Å². The monoisotopic (exact) mass is 384 g/mol. The van der Waals surface area contributed by atoms with E-state index in [2.05, 4.69) is 17.1 Å². The van der Waals surface area contributed by atoms with Gasteiger partial charge in [-0.15, -0.1) is 0 Å². The second-order valence-electron chi connectivity index (χ2n) is 7.77. The zero-order valence-corrected chi connectivity index (χ0v) is 16.1. The first kappa shape index (κ1) is 18.0. The molecular weight excluding hydrogens is 363 g/mol. The van der Waals surface area contributed by atoms with Crippen LogP contribution in [-0.4, -0.2) is 21.2 Å². The van der Waals surface area contributed by atoms with Gasteiger partial charge in [0.2, 0.25) is 0 Å². The average Bonchev–Trinajstić information content (AvgIpc) is 2.72. The van der Waals surface area contributed by atoms with Gasteiger partial charge in [-0.3, -0.25) is 4.98 Å². The van der Waals surface area contributed by atoms with Gasteiger partial charge in [0, 0.05) is 34.0 Å². The summed E-state index contributed by atoms with van der Waals surface area (Å²) in [5, 5.41) is 10.5. The Morgan fingerprint density at radius 1 is 0.966 bits per heavy atom. The van der Waals surface area contributed by atoms with Gasteiger partial charge in [-0.25, -0.2) is 9.37 Å². The molecule has 0 atom stereocenters. The van der Waals surface area contributed by atoms with Crippen molar-refractivity contribution in [2.75, 3.05) is 0 Å². The molecular formula is C25H21FN2O. The molecule has 1 aliphatic carbocycles. The lowest BCUT2D eigenvalue weighted by molar-refractivity contribution is 0.0746. The summed E-state index contributed by atoms with van der Waals surface area (Å²) in [6.07, 6.45) is 3.22. The van der Waals surface area contributed by atoms with Crippen LogP contribution in [0, 0.1) is 12.7 Å². The Kier molecular flexibility index (Phi) is 4.36. The molecule has 0 spiro atoms. The molecule has 4 heteroatoms. The van der Waals surface area contributed by atoms with Crippen LogP contribution in [0.15, 0.2) is 66.9 Å². The molecule has 3 nitrogen and oxygen atoms in total. The number of nitrogens with zero attached hydrogens (tertiary/aromatic N) is 2. The number of aromatic nitrogens is 2. The van der Waals surface area contributed by atoms with Gasteiger partial charge in [0.25, 0.3) is 0 Å². The van der Waals surface area contributed by atoms with Gasteiger partial charge in [-0.05, 0) is 49.4 Å². The molecule has 0 bridgehead atoms. The van der Waals surface area contributed by atoms with E-state index in [9.17, 15) is 9.50 Å². The maximum Gasteiger partial charge on any atom is 0.131 e. The predicted molar refractivity (Wildman–Crippen MR) is 113 cm³/mol. The van der Waals surface area contributed by atoms with Crippen molar-refractivity contribution in [3.8, 4) is 22.4 Å². The van der Waals surface area contributed by atoms with E-state index in [0.717, 1.165) is 46.3 Å². The van der Waals surface area contributed by atoms with Crippen LogP contribution < -0.4 is 0 Å². The highest BCUT2D eigenvalue weighted by atomic mass is 19.1. The number of benzene rings is 2. The summed E-state index contributed by atoms with van der Waals surface area (Å²) in [5.74, 6) is 0.153. The minimum absolute atomic E-state index is 0.175. The molecule has 2 aromatic carbocycles. The summed E-state index contributed by atoms with van der Waals surface area (Å²) in [5.41, 5.74) is 5.95. The van der Waals surface area contributed by atoms with Gasteiger partial charge in [0.1, 0.15) is 5.82 Å². The Balaban J connectivity index is 1.67. The van der Waals surface area contributed by atoms with Gasteiger partial charge >= 0.3 is 0 Å². The van der Waals surface area contributed by atoms with E-state index in [0.29, 0.717) is 11.5 Å².